The van der Waals surface area contributed by atoms with Gasteiger partial charge in [0.1, 0.15) is 9.90 Å². The molecule has 2 aromatic carbocycles. The molecule has 128 valence electrons. The SMILES string of the molecule is O=C(CSc1snnc1-c1ccc(Br)cc1Br)Nc1ccccc1Br. The molecule has 0 aliphatic carbocycles. The Morgan fingerprint density at radius 2 is 1.92 bits per heavy atom. The van der Waals surface area contributed by atoms with E-state index in [1.807, 2.05) is 42.5 Å². The first-order chi connectivity index (χ1) is 12.0. The lowest BCUT2D eigenvalue weighted by atomic mass is 10.2. The number of thioether (sulfide) groups is 1. The van der Waals surface area contributed by atoms with E-state index in [0.29, 0.717) is 0 Å². The average molecular weight is 564 g/mol. The Kier molecular flexibility index (Phi) is 6.67. The van der Waals surface area contributed by atoms with Crippen molar-refractivity contribution in [1.82, 2.24) is 9.59 Å². The van der Waals surface area contributed by atoms with Crippen LogP contribution < -0.4 is 5.32 Å². The van der Waals surface area contributed by atoms with E-state index in [0.717, 1.165) is 34.6 Å². The van der Waals surface area contributed by atoms with Gasteiger partial charge in [-0.25, -0.2) is 0 Å². The summed E-state index contributed by atoms with van der Waals surface area (Å²) >= 11 is 13.1. The molecule has 0 fully saturated rings. The zero-order chi connectivity index (χ0) is 17.8. The van der Waals surface area contributed by atoms with Crippen molar-refractivity contribution in [3.05, 3.63) is 55.9 Å². The lowest BCUT2D eigenvalue weighted by molar-refractivity contribution is -0.113. The zero-order valence-electron chi connectivity index (χ0n) is 12.5. The van der Waals surface area contributed by atoms with Crippen LogP contribution in [0.5, 0.6) is 0 Å². The number of benzene rings is 2. The van der Waals surface area contributed by atoms with E-state index in [1.165, 1.54) is 23.3 Å². The lowest BCUT2D eigenvalue weighted by Crippen LogP contribution is -2.14. The van der Waals surface area contributed by atoms with Crippen molar-refractivity contribution in [2.75, 3.05) is 11.1 Å². The molecule has 0 aliphatic heterocycles. The van der Waals surface area contributed by atoms with Gasteiger partial charge in [0.05, 0.1) is 11.4 Å². The van der Waals surface area contributed by atoms with Crippen LogP contribution >= 0.6 is 71.1 Å². The third-order valence-corrected chi connectivity index (χ3v) is 6.93. The molecule has 25 heavy (non-hydrogen) atoms. The number of hydrogen-bond acceptors (Lipinski definition) is 5. The summed E-state index contributed by atoms with van der Waals surface area (Å²) in [4.78, 5) is 12.2. The first-order valence-corrected chi connectivity index (χ1v) is 11.1. The predicted octanol–water partition coefficient (Wildman–Crippen LogP) is 6.22. The van der Waals surface area contributed by atoms with Gasteiger partial charge in [-0.1, -0.05) is 54.5 Å². The molecule has 3 rings (SSSR count). The molecular weight excluding hydrogens is 554 g/mol. The van der Waals surface area contributed by atoms with E-state index in [-0.39, 0.29) is 11.7 Å². The lowest BCUT2D eigenvalue weighted by Gasteiger charge is -2.07. The average Bonchev–Trinajstić information content (AvgIpc) is 3.03. The molecule has 0 saturated heterocycles. The second-order valence-electron chi connectivity index (χ2n) is 4.85. The van der Waals surface area contributed by atoms with Crippen LogP contribution in [0.15, 0.2) is 60.1 Å². The Hall–Kier alpha value is -0.740. The number of rotatable bonds is 5. The van der Waals surface area contributed by atoms with Crippen LogP contribution in [-0.4, -0.2) is 21.2 Å². The summed E-state index contributed by atoms with van der Waals surface area (Å²) in [6, 6.07) is 13.4. The van der Waals surface area contributed by atoms with Gasteiger partial charge in [0.15, 0.2) is 0 Å². The molecule has 9 heteroatoms. The number of nitrogens with zero attached hydrogens (tertiary/aromatic N) is 2. The molecule has 0 bridgehead atoms. The molecule has 0 aliphatic rings. The summed E-state index contributed by atoms with van der Waals surface area (Å²) in [7, 11) is 0. The summed E-state index contributed by atoms with van der Waals surface area (Å²) in [5.41, 5.74) is 2.49. The number of carbonyl (C=O) groups is 1. The van der Waals surface area contributed by atoms with Crippen LogP contribution in [0.2, 0.25) is 0 Å². The van der Waals surface area contributed by atoms with E-state index in [2.05, 4.69) is 62.7 Å². The van der Waals surface area contributed by atoms with Gasteiger partial charge in [0.25, 0.3) is 0 Å². The van der Waals surface area contributed by atoms with E-state index in [9.17, 15) is 4.79 Å². The summed E-state index contributed by atoms with van der Waals surface area (Å²) < 4.78 is 7.70. The number of carbonyl (C=O) groups excluding carboxylic acids is 1. The molecule has 0 atom stereocenters. The van der Waals surface area contributed by atoms with Crippen LogP contribution in [0.3, 0.4) is 0 Å². The van der Waals surface area contributed by atoms with Crippen LogP contribution in [0.4, 0.5) is 5.69 Å². The Balaban J connectivity index is 1.69. The molecule has 0 spiro atoms. The maximum atomic E-state index is 12.2. The molecule has 1 N–H and O–H groups in total. The number of anilines is 1. The quantitative estimate of drug-likeness (QED) is 0.374. The van der Waals surface area contributed by atoms with Crippen molar-refractivity contribution in [2.24, 2.45) is 0 Å². The van der Waals surface area contributed by atoms with Crippen molar-refractivity contribution in [1.29, 1.82) is 0 Å². The third-order valence-electron chi connectivity index (χ3n) is 3.13. The van der Waals surface area contributed by atoms with Gasteiger partial charge in [0.2, 0.25) is 5.91 Å². The molecule has 1 heterocycles. The van der Waals surface area contributed by atoms with Crippen LogP contribution in [0.25, 0.3) is 11.3 Å². The molecule has 0 saturated carbocycles. The highest BCUT2D eigenvalue weighted by atomic mass is 79.9. The van der Waals surface area contributed by atoms with Crippen molar-refractivity contribution >= 4 is 82.7 Å². The van der Waals surface area contributed by atoms with Crippen LogP contribution in [-0.2, 0) is 4.79 Å². The van der Waals surface area contributed by atoms with E-state index < -0.39 is 0 Å². The smallest absolute Gasteiger partial charge is 0.234 e. The number of halogens is 3. The van der Waals surface area contributed by atoms with Gasteiger partial charge in [-0.3, -0.25) is 4.79 Å². The summed E-state index contributed by atoms with van der Waals surface area (Å²) in [6.07, 6.45) is 0. The number of amides is 1. The molecule has 4 nitrogen and oxygen atoms in total. The normalized spacial score (nSPS) is 10.7. The van der Waals surface area contributed by atoms with E-state index in [1.54, 1.807) is 0 Å². The number of aromatic nitrogens is 2. The maximum Gasteiger partial charge on any atom is 0.234 e. The monoisotopic (exact) mass is 561 g/mol. The Morgan fingerprint density at radius 1 is 1.12 bits per heavy atom. The van der Waals surface area contributed by atoms with Gasteiger partial charge in [0, 0.05) is 19.0 Å². The Bertz CT molecular complexity index is 917. The Morgan fingerprint density at radius 3 is 2.68 bits per heavy atom. The predicted molar refractivity (Wildman–Crippen MR) is 114 cm³/mol. The first kappa shape index (κ1) is 19.0. The minimum absolute atomic E-state index is 0.0777. The second kappa shape index (κ2) is 8.77. The zero-order valence-corrected chi connectivity index (χ0v) is 18.9. The summed E-state index contributed by atoms with van der Waals surface area (Å²) in [6.45, 7) is 0. The number of hydrogen-bond donors (Lipinski definition) is 1. The fourth-order valence-electron chi connectivity index (χ4n) is 2.00. The molecule has 1 aromatic heterocycles. The largest absolute Gasteiger partial charge is 0.324 e. The molecular formula is C16H10Br3N3OS2. The van der Waals surface area contributed by atoms with Crippen LogP contribution in [0.1, 0.15) is 0 Å². The number of para-hydroxylation sites is 1. The number of nitrogens with one attached hydrogen (secondary N) is 1. The summed E-state index contributed by atoms with van der Waals surface area (Å²) in [5, 5.41) is 7.11. The van der Waals surface area contributed by atoms with Crippen molar-refractivity contribution in [3.8, 4) is 11.3 Å². The van der Waals surface area contributed by atoms with Gasteiger partial charge in [-0.15, -0.1) is 16.9 Å². The second-order valence-corrected chi connectivity index (χ2v) is 9.47. The summed E-state index contributed by atoms with van der Waals surface area (Å²) in [5.74, 6) is 0.206. The first-order valence-electron chi connectivity index (χ1n) is 6.99. The molecule has 0 radical (unpaired) electrons. The molecule has 1 amide bonds. The van der Waals surface area contributed by atoms with Crippen LogP contribution in [0, 0.1) is 0 Å². The minimum Gasteiger partial charge on any atom is -0.324 e. The van der Waals surface area contributed by atoms with E-state index >= 15 is 0 Å². The highest BCUT2D eigenvalue weighted by Crippen LogP contribution is 2.37. The maximum absolute atomic E-state index is 12.2. The highest BCUT2D eigenvalue weighted by Gasteiger charge is 2.16. The van der Waals surface area contributed by atoms with Crippen molar-refractivity contribution in [3.63, 3.8) is 0 Å². The molecule has 3 aromatic rings. The Labute approximate surface area is 178 Å². The minimum atomic E-state index is -0.0777. The third kappa shape index (κ3) is 4.91. The highest BCUT2D eigenvalue weighted by molar-refractivity contribution is 9.11. The fraction of sp³-hybridized carbons (Fsp3) is 0.0625. The van der Waals surface area contributed by atoms with Gasteiger partial charge in [-0.05, 0) is 51.7 Å². The molecule has 0 unspecified atom stereocenters. The van der Waals surface area contributed by atoms with E-state index in [4.69, 9.17) is 0 Å². The fourth-order valence-corrected chi connectivity index (χ4v) is 5.16. The van der Waals surface area contributed by atoms with Crippen molar-refractivity contribution in [2.45, 2.75) is 4.21 Å². The topological polar surface area (TPSA) is 54.9 Å². The van der Waals surface area contributed by atoms with Crippen molar-refractivity contribution < 1.29 is 4.79 Å². The standard InChI is InChI=1S/C16H10Br3N3OS2/c17-9-5-6-10(12(19)7-9)15-16(25-22-21-15)24-8-14(23)20-13-4-2-1-3-11(13)18/h1-7H,8H2,(H,20,23). The van der Waals surface area contributed by atoms with Gasteiger partial charge < -0.3 is 5.32 Å². The van der Waals surface area contributed by atoms with Gasteiger partial charge >= 0.3 is 0 Å². The van der Waals surface area contributed by atoms with Gasteiger partial charge in [-0.2, -0.15) is 0 Å².